The molecule has 0 atom stereocenters. The Bertz CT molecular complexity index is 1090. The van der Waals surface area contributed by atoms with Gasteiger partial charge in [-0.05, 0) is 19.4 Å². The molecular formula is C21H27N5O3S. The van der Waals surface area contributed by atoms with Crippen molar-refractivity contribution in [2.75, 3.05) is 56.3 Å². The molecule has 0 bridgehead atoms. The predicted molar refractivity (Wildman–Crippen MR) is 119 cm³/mol. The van der Waals surface area contributed by atoms with Gasteiger partial charge in [-0.1, -0.05) is 0 Å². The van der Waals surface area contributed by atoms with E-state index in [-0.39, 0.29) is 12.2 Å². The van der Waals surface area contributed by atoms with Crippen molar-refractivity contribution in [2.24, 2.45) is 0 Å². The van der Waals surface area contributed by atoms with Crippen LogP contribution in [0.3, 0.4) is 0 Å². The van der Waals surface area contributed by atoms with Crippen LogP contribution in [0.4, 0.5) is 11.6 Å². The van der Waals surface area contributed by atoms with Crippen molar-refractivity contribution in [2.45, 2.75) is 32.5 Å². The number of aliphatic hydroxyl groups is 1. The van der Waals surface area contributed by atoms with E-state index in [2.05, 4.69) is 28.7 Å². The molecule has 0 aromatic carbocycles. The maximum atomic E-state index is 9.38. The van der Waals surface area contributed by atoms with Gasteiger partial charge in [0.2, 0.25) is 0 Å². The Hall–Kier alpha value is -2.07. The van der Waals surface area contributed by atoms with Gasteiger partial charge in [0, 0.05) is 44.1 Å². The normalized spacial score (nSPS) is 18.7. The Balaban J connectivity index is 1.77. The minimum absolute atomic E-state index is 0.0766. The molecule has 5 heterocycles. The van der Waals surface area contributed by atoms with E-state index in [0.29, 0.717) is 13.2 Å². The molecule has 1 saturated heterocycles. The number of anilines is 2. The van der Waals surface area contributed by atoms with Crippen LogP contribution in [-0.2, 0) is 22.5 Å². The molecule has 30 heavy (non-hydrogen) atoms. The van der Waals surface area contributed by atoms with Gasteiger partial charge in [-0.15, -0.1) is 11.3 Å². The summed E-state index contributed by atoms with van der Waals surface area (Å²) < 4.78 is 12.8. The smallest absolute Gasteiger partial charge is 0.149 e. The zero-order valence-corrected chi connectivity index (χ0v) is 18.5. The number of ether oxygens (including phenoxy) is 2. The number of likely N-dealkylation sites (N-methyl/N-ethyl adjacent to an activating group) is 1. The van der Waals surface area contributed by atoms with Crippen LogP contribution >= 0.6 is 11.3 Å². The molecule has 2 aliphatic rings. The summed E-state index contributed by atoms with van der Waals surface area (Å²) >= 11 is 1.64. The van der Waals surface area contributed by atoms with Crippen molar-refractivity contribution in [3.05, 3.63) is 17.5 Å². The summed E-state index contributed by atoms with van der Waals surface area (Å²) in [4.78, 5) is 19.6. The third kappa shape index (κ3) is 3.30. The topological polar surface area (TPSA) is 83.8 Å². The molecule has 0 amide bonds. The van der Waals surface area contributed by atoms with E-state index in [4.69, 9.17) is 14.5 Å². The third-order valence-electron chi connectivity index (χ3n) is 5.90. The highest BCUT2D eigenvalue weighted by atomic mass is 32.1. The lowest BCUT2D eigenvalue weighted by atomic mass is 9.90. The number of hydrogen-bond acceptors (Lipinski definition) is 9. The number of morpholine rings is 1. The molecule has 0 saturated carbocycles. The summed E-state index contributed by atoms with van der Waals surface area (Å²) in [6.07, 6.45) is 2.43. The lowest BCUT2D eigenvalue weighted by Gasteiger charge is -2.36. The van der Waals surface area contributed by atoms with E-state index in [1.807, 2.05) is 11.9 Å². The Morgan fingerprint density at radius 1 is 1.23 bits per heavy atom. The van der Waals surface area contributed by atoms with Crippen LogP contribution in [0.5, 0.6) is 0 Å². The average Bonchev–Trinajstić information content (AvgIpc) is 3.12. The molecule has 0 unspecified atom stereocenters. The van der Waals surface area contributed by atoms with Gasteiger partial charge in [0.15, 0.2) is 0 Å². The van der Waals surface area contributed by atoms with Crippen LogP contribution in [0.15, 0.2) is 6.33 Å². The van der Waals surface area contributed by atoms with Crippen LogP contribution in [0.2, 0.25) is 0 Å². The van der Waals surface area contributed by atoms with Crippen molar-refractivity contribution < 1.29 is 14.6 Å². The summed E-state index contributed by atoms with van der Waals surface area (Å²) in [6.45, 7) is 8.54. The molecule has 9 heteroatoms. The summed E-state index contributed by atoms with van der Waals surface area (Å²) in [5.41, 5.74) is 3.17. The van der Waals surface area contributed by atoms with Gasteiger partial charge in [-0.25, -0.2) is 15.0 Å². The van der Waals surface area contributed by atoms with Gasteiger partial charge in [0.05, 0.1) is 42.2 Å². The van der Waals surface area contributed by atoms with Crippen molar-refractivity contribution in [1.82, 2.24) is 15.0 Å². The van der Waals surface area contributed by atoms with Crippen molar-refractivity contribution in [1.29, 1.82) is 0 Å². The van der Waals surface area contributed by atoms with E-state index in [1.54, 1.807) is 17.7 Å². The van der Waals surface area contributed by atoms with Crippen molar-refractivity contribution in [3.8, 4) is 0 Å². The number of nitrogens with zero attached hydrogens (tertiary/aromatic N) is 5. The number of pyridine rings is 1. The van der Waals surface area contributed by atoms with E-state index in [0.717, 1.165) is 64.8 Å². The summed E-state index contributed by atoms with van der Waals surface area (Å²) in [5, 5.41) is 10.5. The van der Waals surface area contributed by atoms with Crippen LogP contribution in [0.25, 0.3) is 20.4 Å². The first-order chi connectivity index (χ1) is 14.5. The van der Waals surface area contributed by atoms with Crippen LogP contribution in [0.1, 0.15) is 25.0 Å². The number of rotatable bonds is 4. The van der Waals surface area contributed by atoms with Gasteiger partial charge in [-0.2, -0.15) is 0 Å². The molecule has 8 nitrogen and oxygen atoms in total. The number of hydrogen-bond donors (Lipinski definition) is 1. The second-order valence-corrected chi connectivity index (χ2v) is 9.52. The maximum absolute atomic E-state index is 9.38. The highest BCUT2D eigenvalue weighted by molar-refractivity contribution is 7.26. The largest absolute Gasteiger partial charge is 0.395 e. The van der Waals surface area contributed by atoms with E-state index in [9.17, 15) is 5.11 Å². The minimum atomic E-state index is -0.235. The molecule has 5 rings (SSSR count). The zero-order chi connectivity index (χ0) is 20.9. The quantitative estimate of drug-likeness (QED) is 0.677. The number of aromatic nitrogens is 3. The van der Waals surface area contributed by atoms with Gasteiger partial charge >= 0.3 is 0 Å². The molecule has 3 aromatic rings. The molecule has 0 aliphatic carbocycles. The highest BCUT2D eigenvalue weighted by Crippen LogP contribution is 2.44. The van der Waals surface area contributed by atoms with Crippen LogP contribution < -0.4 is 9.80 Å². The Morgan fingerprint density at radius 3 is 2.80 bits per heavy atom. The molecule has 0 radical (unpaired) electrons. The van der Waals surface area contributed by atoms with Gasteiger partial charge in [0.1, 0.15) is 22.8 Å². The van der Waals surface area contributed by atoms with Crippen LogP contribution in [-0.4, -0.2) is 72.2 Å². The molecular weight excluding hydrogens is 402 g/mol. The lowest BCUT2D eigenvalue weighted by molar-refractivity contribution is -0.0396. The van der Waals surface area contributed by atoms with E-state index >= 15 is 0 Å². The van der Waals surface area contributed by atoms with Crippen molar-refractivity contribution >= 4 is 43.4 Å². The molecule has 3 aromatic heterocycles. The second kappa shape index (κ2) is 7.56. The average molecular weight is 430 g/mol. The summed E-state index contributed by atoms with van der Waals surface area (Å²) in [6, 6.07) is 0. The molecule has 1 fully saturated rings. The maximum Gasteiger partial charge on any atom is 0.149 e. The molecule has 2 aliphatic heterocycles. The fourth-order valence-electron chi connectivity index (χ4n) is 4.34. The second-order valence-electron chi connectivity index (χ2n) is 8.52. The summed E-state index contributed by atoms with van der Waals surface area (Å²) in [7, 11) is 1.95. The number of thiophene rings is 1. The van der Waals surface area contributed by atoms with Crippen LogP contribution in [0, 0.1) is 0 Å². The molecule has 1 N–H and O–H groups in total. The summed E-state index contributed by atoms with van der Waals surface area (Å²) in [5.74, 6) is 1.85. The lowest BCUT2D eigenvalue weighted by Crippen LogP contribution is -2.39. The Morgan fingerprint density at radius 2 is 2.03 bits per heavy atom. The Kier molecular flexibility index (Phi) is 5.01. The first-order valence-corrected chi connectivity index (χ1v) is 11.2. The Labute approximate surface area is 179 Å². The highest BCUT2D eigenvalue weighted by Gasteiger charge is 2.33. The van der Waals surface area contributed by atoms with Gasteiger partial charge in [-0.3, -0.25) is 0 Å². The first-order valence-electron chi connectivity index (χ1n) is 10.4. The van der Waals surface area contributed by atoms with Gasteiger partial charge < -0.3 is 24.4 Å². The van der Waals surface area contributed by atoms with Gasteiger partial charge in [0.25, 0.3) is 0 Å². The predicted octanol–water partition coefficient (Wildman–Crippen LogP) is 2.36. The van der Waals surface area contributed by atoms with Crippen molar-refractivity contribution in [3.63, 3.8) is 0 Å². The third-order valence-corrected chi connectivity index (χ3v) is 6.96. The number of aliphatic hydroxyl groups excluding tert-OH is 1. The number of fused-ring (bicyclic) bond motifs is 5. The fraction of sp³-hybridized carbons (Fsp3) is 0.571. The molecule has 160 valence electrons. The molecule has 0 spiro atoms. The fourth-order valence-corrected chi connectivity index (χ4v) is 5.54. The minimum Gasteiger partial charge on any atom is -0.395 e. The first kappa shape index (κ1) is 19.9. The van der Waals surface area contributed by atoms with E-state index < -0.39 is 0 Å². The SMILES string of the molecule is CN(CCO)c1ncnc2c1sc1nc(N3CCOCC3)c3c(c12)CC(C)(C)OC3. The zero-order valence-electron chi connectivity index (χ0n) is 17.6. The standard InChI is InChI=1S/C21H27N5O3S/c1-21(2)10-13-14(11-29-21)18(26-5-8-28-9-6-26)24-20-15(13)16-17(30-20)19(23-12-22-16)25(3)4-7-27/h12,27H,4-11H2,1-3H3. The monoisotopic (exact) mass is 429 g/mol. The van der Waals surface area contributed by atoms with E-state index in [1.165, 1.54) is 11.1 Å².